The van der Waals surface area contributed by atoms with Crippen molar-refractivity contribution in [1.29, 1.82) is 0 Å². The minimum absolute atomic E-state index is 0.153. The van der Waals surface area contributed by atoms with E-state index in [1.165, 1.54) is 73.6 Å². The summed E-state index contributed by atoms with van der Waals surface area (Å²) < 4.78 is 57.5. The Morgan fingerprint density at radius 2 is 0.596 bits per heavy atom. The Morgan fingerprint density at radius 3 is 0.981 bits per heavy atom. The second-order valence-corrected chi connectivity index (χ2v) is 28.1. The average Bonchev–Trinajstić information content (AvgIpc) is 1.62. The molecule has 0 saturated carbocycles. The minimum Gasteiger partial charge on any atom is -0.308 e. The average molecular weight is 1390 g/mol. The lowest BCUT2D eigenvalue weighted by atomic mass is 10.1. The molecular formula is C84H100N20+8. The fraction of sp³-hybridized carbons (Fsp3) is 0.286. The molecule has 0 aliphatic carbocycles. The molecule has 0 aliphatic heterocycles. The third-order valence-electron chi connectivity index (χ3n) is 21.0. The molecule has 16 heterocycles. The van der Waals surface area contributed by atoms with Gasteiger partial charge in [0.25, 0.3) is 45.6 Å². The van der Waals surface area contributed by atoms with Crippen LogP contribution in [0.1, 0.15) is 71.9 Å². The van der Waals surface area contributed by atoms with Gasteiger partial charge in [-0.2, -0.15) is 36.5 Å². The lowest BCUT2D eigenvalue weighted by molar-refractivity contribution is -0.685. The molecule has 0 bridgehead atoms. The van der Waals surface area contributed by atoms with Crippen molar-refractivity contribution in [2.24, 2.45) is 84.6 Å². The predicted molar refractivity (Wildman–Crippen MR) is 406 cm³/mol. The first kappa shape index (κ1) is 66.7. The number of aromatic nitrogens is 20. The van der Waals surface area contributed by atoms with Crippen molar-refractivity contribution in [3.05, 3.63) is 239 Å². The molecule has 16 aromatic rings. The van der Waals surface area contributed by atoms with E-state index < -0.39 is 6.85 Å². The summed E-state index contributed by atoms with van der Waals surface area (Å²) in [4.78, 5) is 18.6. The van der Waals surface area contributed by atoms with Crippen molar-refractivity contribution in [3.8, 4) is 91.1 Å². The van der Waals surface area contributed by atoms with Gasteiger partial charge in [-0.05, 0) is 130 Å². The molecule has 0 amide bonds. The van der Waals surface area contributed by atoms with Crippen LogP contribution in [0.25, 0.3) is 114 Å². The Kier molecular flexibility index (Phi) is 17.7. The third kappa shape index (κ3) is 12.4. The molecule has 0 radical (unpaired) electrons. The zero-order valence-electron chi connectivity index (χ0n) is 67.6. The molecule has 20 nitrogen and oxygen atoms in total. The van der Waals surface area contributed by atoms with Crippen molar-refractivity contribution in [3.63, 3.8) is 0 Å². The fourth-order valence-electron chi connectivity index (χ4n) is 14.4. The standard InChI is InChI=1S/4C21H25N5/c1-14-10-11-17(23(4)12-14)18-8-7-9-19(24(18)5)20-13-26-16(3)15(2)22-21(26)25(20)6;1-14-10-11-23(4)19(12-14)17-8-7-9-18(24(17)5)20-13-26-16(3)15(2)22-21(26)25(20)6;2*1-14-11-18(17-9-7-8-10-23(17)4)24(5)19(12-14)20-13-26-16(3)15(2)22-21(26)25(20)6/h4*7-13H,1-6H3/q4*+2/i;;2D3;. The van der Waals surface area contributed by atoms with Crippen LogP contribution in [0.2, 0.25) is 0 Å². The largest absolute Gasteiger partial charge is 0.308 e. The summed E-state index contributed by atoms with van der Waals surface area (Å²) >= 11 is 0. The van der Waals surface area contributed by atoms with Gasteiger partial charge in [-0.25, -0.2) is 19.9 Å². The van der Waals surface area contributed by atoms with E-state index in [0.717, 1.165) is 91.2 Å². The molecule has 0 N–H and O–H groups in total. The third-order valence-corrected chi connectivity index (χ3v) is 21.0. The number of hydrogen-bond donors (Lipinski definition) is 0. The molecular weight excluding hydrogens is 1290 g/mol. The Morgan fingerprint density at radius 1 is 0.279 bits per heavy atom. The van der Waals surface area contributed by atoms with Gasteiger partial charge < -0.3 is 18.3 Å². The zero-order chi connectivity index (χ0) is 76.8. The van der Waals surface area contributed by atoms with E-state index in [1.54, 1.807) is 6.92 Å². The van der Waals surface area contributed by atoms with Crippen molar-refractivity contribution in [1.82, 2.24) is 55.8 Å². The van der Waals surface area contributed by atoms with Crippen LogP contribution in [-0.2, 0) is 84.6 Å². The summed E-state index contributed by atoms with van der Waals surface area (Å²) in [6, 6.07) is 42.8. The SMILES string of the molecule is Cc1cc(-c2cn3c(C)c(C)nc3n2C)[n+](C)c(-c2cccc[n+]2C)c1.Cc1cc[n+](C)c(-c2cccc(-c3cn4c(C)c(C)nc4n3C)[n+]2C)c1.Cc1ccc(-c2cccc(-c3cn4c(C)c(C)nc4n3C)[n+]2C)[n+](C)c1.[2H]C([2H])([2H])c1nc2n(C)c(-c3cc(C)cc(-c4cccc[n+]4C)[n+]3C)cn2c1C. The first-order valence-electron chi connectivity index (χ1n) is 36.7. The first-order valence-corrected chi connectivity index (χ1v) is 35.2. The maximum atomic E-state index is 7.72. The van der Waals surface area contributed by atoms with E-state index in [4.69, 9.17) is 19.1 Å². The van der Waals surface area contributed by atoms with E-state index in [-0.39, 0.29) is 5.69 Å². The molecule has 0 atom stereocenters. The molecule has 16 aromatic heterocycles. The minimum atomic E-state index is -2.22. The number of imidazole rings is 8. The highest BCUT2D eigenvalue weighted by Crippen LogP contribution is 2.30. The van der Waals surface area contributed by atoms with Gasteiger partial charge in [0.1, 0.15) is 79.2 Å². The van der Waals surface area contributed by atoms with Crippen LogP contribution in [0.15, 0.2) is 171 Å². The molecule has 0 aliphatic rings. The number of nitrogens with zero attached hydrogens (tertiary/aromatic N) is 20. The number of hydrogen-bond acceptors (Lipinski definition) is 4. The van der Waals surface area contributed by atoms with Gasteiger partial charge in [-0.15, -0.1) is 0 Å². The van der Waals surface area contributed by atoms with Crippen LogP contribution in [0.4, 0.5) is 0 Å². The van der Waals surface area contributed by atoms with Crippen molar-refractivity contribution in [2.45, 2.75) is 83.0 Å². The molecule has 0 fully saturated rings. The number of fused-ring (bicyclic) bond motifs is 4. The van der Waals surface area contributed by atoms with Crippen LogP contribution in [-0.4, -0.2) is 55.8 Å². The summed E-state index contributed by atoms with van der Waals surface area (Å²) in [6.45, 7) is 20.6. The molecule has 0 aromatic carbocycles. The Balaban J connectivity index is 0.000000126. The van der Waals surface area contributed by atoms with Crippen molar-refractivity contribution in [2.75, 3.05) is 0 Å². The van der Waals surface area contributed by atoms with Crippen LogP contribution in [0.5, 0.6) is 0 Å². The summed E-state index contributed by atoms with van der Waals surface area (Å²) in [7, 11) is 24.9. The molecule has 0 saturated heterocycles. The number of aryl methyl sites for hydroxylation is 20. The lowest BCUT2D eigenvalue weighted by Crippen LogP contribution is -2.40. The van der Waals surface area contributed by atoms with Crippen molar-refractivity contribution < 1.29 is 40.6 Å². The highest BCUT2D eigenvalue weighted by Gasteiger charge is 2.31. The molecule has 528 valence electrons. The molecule has 0 unspecified atom stereocenters. The van der Waals surface area contributed by atoms with Gasteiger partial charge in [0, 0.05) is 176 Å². The topological polar surface area (TPSA) is 120 Å². The monoisotopic (exact) mass is 1390 g/mol. The summed E-state index contributed by atoms with van der Waals surface area (Å²) in [5, 5.41) is 0. The number of pyridine rings is 8. The second-order valence-electron chi connectivity index (χ2n) is 28.1. The maximum absolute atomic E-state index is 7.72. The Labute approximate surface area is 614 Å². The summed E-state index contributed by atoms with van der Waals surface area (Å²) in [6.07, 6.45) is 16.9. The fourth-order valence-corrected chi connectivity index (χ4v) is 14.4. The molecule has 0 spiro atoms. The van der Waals surface area contributed by atoms with Gasteiger partial charge in [0.15, 0.2) is 24.8 Å². The molecule has 104 heavy (non-hydrogen) atoms. The molecule has 20 heteroatoms. The van der Waals surface area contributed by atoms with E-state index >= 15 is 0 Å². The lowest BCUT2D eigenvalue weighted by Gasteiger charge is -2.07. The molecule has 16 rings (SSSR count). The van der Waals surface area contributed by atoms with E-state index in [0.29, 0.717) is 11.5 Å². The number of rotatable bonds is 8. The highest BCUT2D eigenvalue weighted by molar-refractivity contribution is 5.65. The highest BCUT2D eigenvalue weighted by atomic mass is 15.2. The van der Waals surface area contributed by atoms with Gasteiger partial charge in [0.05, 0.1) is 22.8 Å². The summed E-state index contributed by atoms with van der Waals surface area (Å²) in [5.41, 5.74) is 30.8. The van der Waals surface area contributed by atoms with Crippen LogP contribution in [0, 0.1) is 83.0 Å². The van der Waals surface area contributed by atoms with Gasteiger partial charge >= 0.3 is 0 Å². The van der Waals surface area contributed by atoms with E-state index in [9.17, 15) is 0 Å². The normalized spacial score (nSPS) is 12.0. The van der Waals surface area contributed by atoms with E-state index in [1.807, 2.05) is 54.6 Å². The van der Waals surface area contributed by atoms with Gasteiger partial charge in [-0.1, -0.05) is 0 Å². The second kappa shape index (κ2) is 27.5. The van der Waals surface area contributed by atoms with Crippen LogP contribution in [0.3, 0.4) is 0 Å². The Hall–Kier alpha value is -11.8. The summed E-state index contributed by atoms with van der Waals surface area (Å²) in [5.74, 6) is 3.54. The van der Waals surface area contributed by atoms with Crippen molar-refractivity contribution >= 4 is 23.1 Å². The predicted octanol–water partition coefficient (Wildman–Crippen LogP) is 10.3. The smallest absolute Gasteiger partial charge is 0.277 e. The zero-order valence-corrected chi connectivity index (χ0v) is 64.6. The van der Waals surface area contributed by atoms with E-state index in [2.05, 4.69) is 347 Å². The van der Waals surface area contributed by atoms with Crippen LogP contribution < -0.4 is 36.5 Å². The van der Waals surface area contributed by atoms with Gasteiger partial charge in [-0.3, -0.25) is 17.6 Å². The maximum Gasteiger partial charge on any atom is 0.277 e. The van der Waals surface area contributed by atoms with Crippen LogP contribution >= 0.6 is 0 Å². The quantitative estimate of drug-likeness (QED) is 0.141. The Bertz CT molecular complexity index is 6190. The first-order chi connectivity index (χ1) is 50.7. The van der Waals surface area contributed by atoms with Gasteiger partial charge in [0.2, 0.25) is 45.9 Å².